The molecule has 1 aliphatic rings. The van der Waals surface area contributed by atoms with E-state index in [2.05, 4.69) is 29.7 Å². The van der Waals surface area contributed by atoms with Gasteiger partial charge in [0, 0.05) is 44.4 Å². The predicted molar refractivity (Wildman–Crippen MR) is 118 cm³/mol. The van der Waals surface area contributed by atoms with Gasteiger partial charge >= 0.3 is 0 Å². The monoisotopic (exact) mass is 414 g/mol. The Morgan fingerprint density at radius 2 is 1.43 bits per heavy atom. The maximum Gasteiger partial charge on any atom is 0.125 e. The number of benzene rings is 2. The normalized spacial score (nSPS) is 17.4. The molecule has 0 aliphatic carbocycles. The fourth-order valence-corrected chi connectivity index (χ4v) is 3.31. The van der Waals surface area contributed by atoms with E-state index >= 15 is 0 Å². The van der Waals surface area contributed by atoms with E-state index in [9.17, 15) is 0 Å². The molecule has 6 heteroatoms. The molecule has 0 fully saturated rings. The molecule has 0 saturated heterocycles. The summed E-state index contributed by atoms with van der Waals surface area (Å²) in [6.07, 6.45) is 0.754. The third-order valence-electron chi connectivity index (χ3n) is 5.21. The topological polar surface area (TPSA) is 61.0 Å². The van der Waals surface area contributed by atoms with E-state index in [0.717, 1.165) is 55.2 Å². The SMILES string of the molecule is CCC(COC1COc2ccccc2CNCCNCc2ccccc2OC1)OC. The van der Waals surface area contributed by atoms with Gasteiger partial charge in [-0.15, -0.1) is 0 Å². The van der Waals surface area contributed by atoms with Crippen LogP contribution in [0, 0.1) is 0 Å². The van der Waals surface area contributed by atoms with Crippen molar-refractivity contribution in [3.05, 3.63) is 59.7 Å². The summed E-state index contributed by atoms with van der Waals surface area (Å²) in [7, 11) is 1.72. The molecule has 2 aromatic rings. The summed E-state index contributed by atoms with van der Waals surface area (Å²) in [5, 5.41) is 6.96. The molecule has 30 heavy (non-hydrogen) atoms. The van der Waals surface area contributed by atoms with Crippen LogP contribution in [0.4, 0.5) is 0 Å². The molecule has 0 saturated carbocycles. The Morgan fingerprint density at radius 1 is 0.900 bits per heavy atom. The lowest BCUT2D eigenvalue weighted by molar-refractivity contribution is -0.0564. The summed E-state index contributed by atoms with van der Waals surface area (Å²) >= 11 is 0. The van der Waals surface area contributed by atoms with Crippen molar-refractivity contribution >= 4 is 0 Å². The van der Waals surface area contributed by atoms with Crippen LogP contribution >= 0.6 is 0 Å². The first kappa shape index (κ1) is 22.6. The van der Waals surface area contributed by atoms with Crippen molar-refractivity contribution in [2.45, 2.75) is 38.6 Å². The van der Waals surface area contributed by atoms with E-state index in [1.54, 1.807) is 7.11 Å². The van der Waals surface area contributed by atoms with Crippen LogP contribution in [0.5, 0.6) is 11.5 Å². The number of ether oxygens (including phenoxy) is 4. The van der Waals surface area contributed by atoms with Gasteiger partial charge in [-0.25, -0.2) is 0 Å². The van der Waals surface area contributed by atoms with Crippen molar-refractivity contribution in [2.24, 2.45) is 0 Å². The lowest BCUT2D eigenvalue weighted by atomic mass is 10.2. The zero-order valence-corrected chi connectivity index (χ0v) is 18.1. The molecule has 1 heterocycles. The molecule has 0 radical (unpaired) electrons. The molecule has 0 spiro atoms. The molecule has 0 amide bonds. The van der Waals surface area contributed by atoms with Gasteiger partial charge in [0.1, 0.15) is 30.8 Å². The molecule has 0 aromatic heterocycles. The Morgan fingerprint density at radius 3 is 1.93 bits per heavy atom. The molecule has 0 bridgehead atoms. The van der Waals surface area contributed by atoms with Gasteiger partial charge in [0.15, 0.2) is 0 Å². The molecular formula is C24H34N2O4. The Kier molecular flexibility index (Phi) is 9.44. The quantitative estimate of drug-likeness (QED) is 0.784. The van der Waals surface area contributed by atoms with Crippen LogP contribution in [0.3, 0.4) is 0 Å². The number of para-hydroxylation sites is 2. The number of fused-ring (bicyclic) bond motifs is 2. The third-order valence-corrected chi connectivity index (χ3v) is 5.21. The molecule has 1 aliphatic heterocycles. The first-order valence-electron chi connectivity index (χ1n) is 10.8. The van der Waals surface area contributed by atoms with Gasteiger partial charge in [-0.2, -0.15) is 0 Å². The standard InChI is InChI=1S/C24H34N2O4/c1-3-21(27-2)16-28-22-17-29-23-10-6-4-8-19(23)14-25-12-13-26-15-20-9-5-7-11-24(20)30-18-22/h4-11,21-22,25-26H,3,12-18H2,1-2H3. The van der Waals surface area contributed by atoms with Gasteiger partial charge in [-0.1, -0.05) is 43.3 Å². The fourth-order valence-electron chi connectivity index (χ4n) is 3.31. The molecule has 3 rings (SSSR count). The summed E-state index contributed by atoms with van der Waals surface area (Å²) in [6.45, 7) is 6.70. The van der Waals surface area contributed by atoms with E-state index in [1.165, 1.54) is 0 Å². The molecule has 164 valence electrons. The highest BCUT2D eigenvalue weighted by Crippen LogP contribution is 2.21. The fraction of sp³-hybridized carbons (Fsp3) is 0.500. The van der Waals surface area contributed by atoms with Crippen LogP contribution in [0.25, 0.3) is 0 Å². The highest BCUT2D eigenvalue weighted by Gasteiger charge is 2.17. The molecule has 2 N–H and O–H groups in total. The second-order valence-electron chi connectivity index (χ2n) is 7.41. The first-order valence-corrected chi connectivity index (χ1v) is 10.8. The number of methoxy groups -OCH3 is 1. The van der Waals surface area contributed by atoms with Gasteiger partial charge in [0.25, 0.3) is 0 Å². The molecule has 1 atom stereocenters. The first-order chi connectivity index (χ1) is 14.8. The van der Waals surface area contributed by atoms with E-state index in [1.807, 2.05) is 36.4 Å². The van der Waals surface area contributed by atoms with Crippen molar-refractivity contribution in [3.63, 3.8) is 0 Å². The van der Waals surface area contributed by atoms with Crippen molar-refractivity contribution in [1.82, 2.24) is 10.6 Å². The van der Waals surface area contributed by atoms with E-state index in [0.29, 0.717) is 19.8 Å². The van der Waals surface area contributed by atoms with Crippen molar-refractivity contribution in [1.29, 1.82) is 0 Å². The zero-order valence-electron chi connectivity index (χ0n) is 18.1. The Hall–Kier alpha value is -2.12. The maximum absolute atomic E-state index is 6.16. The minimum Gasteiger partial charge on any atom is -0.490 e. The van der Waals surface area contributed by atoms with E-state index in [-0.39, 0.29) is 12.2 Å². The number of hydrogen-bond acceptors (Lipinski definition) is 6. The number of hydrogen-bond donors (Lipinski definition) is 2. The molecule has 6 nitrogen and oxygen atoms in total. The van der Waals surface area contributed by atoms with Crippen LogP contribution in [0.2, 0.25) is 0 Å². The summed E-state index contributed by atoms with van der Waals surface area (Å²) in [5.41, 5.74) is 2.28. The van der Waals surface area contributed by atoms with Crippen molar-refractivity contribution in [3.8, 4) is 11.5 Å². The van der Waals surface area contributed by atoms with E-state index in [4.69, 9.17) is 18.9 Å². The van der Waals surface area contributed by atoms with Gasteiger partial charge in [-0.05, 0) is 18.6 Å². The highest BCUT2D eigenvalue weighted by molar-refractivity contribution is 5.34. The summed E-state index contributed by atoms with van der Waals surface area (Å²) in [4.78, 5) is 0. The van der Waals surface area contributed by atoms with Crippen LogP contribution in [-0.2, 0) is 22.6 Å². The largest absolute Gasteiger partial charge is 0.490 e. The predicted octanol–water partition coefficient (Wildman–Crippen LogP) is 3.15. The maximum atomic E-state index is 6.16. The third kappa shape index (κ3) is 6.99. The van der Waals surface area contributed by atoms with Crippen LogP contribution < -0.4 is 20.1 Å². The highest BCUT2D eigenvalue weighted by atomic mass is 16.6. The van der Waals surface area contributed by atoms with Crippen molar-refractivity contribution in [2.75, 3.05) is 40.0 Å². The second kappa shape index (κ2) is 12.5. The van der Waals surface area contributed by atoms with Crippen molar-refractivity contribution < 1.29 is 18.9 Å². The van der Waals surface area contributed by atoms with Gasteiger partial charge in [-0.3, -0.25) is 0 Å². The van der Waals surface area contributed by atoms with Crippen LogP contribution in [-0.4, -0.2) is 52.2 Å². The lowest BCUT2D eigenvalue weighted by Gasteiger charge is -2.23. The Bertz CT molecular complexity index is 696. The zero-order chi connectivity index (χ0) is 21.0. The summed E-state index contributed by atoms with van der Waals surface area (Å²) < 4.78 is 23.9. The Balaban J connectivity index is 1.74. The lowest BCUT2D eigenvalue weighted by Crippen LogP contribution is -2.32. The average molecular weight is 415 g/mol. The number of rotatable bonds is 5. The molecule has 1 unspecified atom stereocenters. The smallest absolute Gasteiger partial charge is 0.125 e. The van der Waals surface area contributed by atoms with Gasteiger partial charge < -0.3 is 29.6 Å². The van der Waals surface area contributed by atoms with E-state index < -0.39 is 0 Å². The second-order valence-corrected chi connectivity index (χ2v) is 7.41. The summed E-state index contributed by atoms with van der Waals surface area (Å²) in [5.74, 6) is 1.75. The van der Waals surface area contributed by atoms with Crippen LogP contribution in [0.15, 0.2) is 48.5 Å². The minimum atomic E-state index is -0.207. The van der Waals surface area contributed by atoms with Gasteiger partial charge in [0.2, 0.25) is 0 Å². The Labute approximate surface area is 179 Å². The number of nitrogens with one attached hydrogen (secondary N) is 2. The molecular weight excluding hydrogens is 380 g/mol. The van der Waals surface area contributed by atoms with Crippen LogP contribution in [0.1, 0.15) is 24.5 Å². The van der Waals surface area contributed by atoms with Gasteiger partial charge in [0.05, 0.1) is 12.7 Å². The minimum absolute atomic E-state index is 0.0644. The average Bonchev–Trinajstić information content (AvgIpc) is 2.79. The molecule has 2 aromatic carbocycles. The summed E-state index contributed by atoms with van der Waals surface area (Å²) in [6, 6.07) is 16.3.